The van der Waals surface area contributed by atoms with Crippen molar-refractivity contribution in [3.05, 3.63) is 52.8 Å². The Morgan fingerprint density at radius 1 is 1.19 bits per heavy atom. The van der Waals surface area contributed by atoms with Crippen molar-refractivity contribution < 1.29 is 4.74 Å². The van der Waals surface area contributed by atoms with Gasteiger partial charge in [-0.2, -0.15) is 0 Å². The van der Waals surface area contributed by atoms with Gasteiger partial charge in [0.25, 0.3) is 0 Å². The Labute approximate surface area is 131 Å². The SMILES string of the molecule is Cc1ccc(Cl)c(Oc2ccnc(CNC(C)(C)C)c2)c1. The lowest BCUT2D eigenvalue weighted by molar-refractivity contribution is 0.419. The van der Waals surface area contributed by atoms with Crippen molar-refractivity contribution >= 4 is 11.6 Å². The first-order chi connectivity index (χ1) is 9.83. The average molecular weight is 305 g/mol. The van der Waals surface area contributed by atoms with E-state index in [9.17, 15) is 0 Å². The van der Waals surface area contributed by atoms with Gasteiger partial charge in [0.05, 0.1) is 10.7 Å². The van der Waals surface area contributed by atoms with Crippen LogP contribution in [-0.4, -0.2) is 10.5 Å². The molecule has 0 amide bonds. The Kier molecular flexibility index (Phi) is 4.86. The molecule has 0 fully saturated rings. The number of aryl methyl sites for hydroxylation is 1. The summed E-state index contributed by atoms with van der Waals surface area (Å²) in [6, 6.07) is 9.49. The minimum Gasteiger partial charge on any atom is -0.456 e. The van der Waals surface area contributed by atoms with Crippen LogP contribution in [0.25, 0.3) is 0 Å². The van der Waals surface area contributed by atoms with Crippen molar-refractivity contribution in [2.75, 3.05) is 0 Å². The topological polar surface area (TPSA) is 34.1 Å². The van der Waals surface area contributed by atoms with Gasteiger partial charge in [-0.15, -0.1) is 0 Å². The second-order valence-electron chi connectivity index (χ2n) is 6.12. The molecule has 0 saturated carbocycles. The van der Waals surface area contributed by atoms with Crippen LogP contribution in [-0.2, 0) is 6.54 Å². The van der Waals surface area contributed by atoms with Gasteiger partial charge in [0, 0.05) is 24.3 Å². The maximum Gasteiger partial charge on any atom is 0.146 e. The number of hydrogen-bond donors (Lipinski definition) is 1. The van der Waals surface area contributed by atoms with Crippen LogP contribution in [0, 0.1) is 6.92 Å². The van der Waals surface area contributed by atoms with Crippen molar-refractivity contribution in [3.63, 3.8) is 0 Å². The first-order valence-electron chi connectivity index (χ1n) is 6.97. The van der Waals surface area contributed by atoms with Crippen molar-refractivity contribution in [3.8, 4) is 11.5 Å². The molecule has 0 bridgehead atoms. The Hall–Kier alpha value is -1.58. The van der Waals surface area contributed by atoms with Gasteiger partial charge in [-0.25, -0.2) is 0 Å². The fraction of sp³-hybridized carbons (Fsp3) is 0.353. The molecular formula is C17H21ClN2O. The van der Waals surface area contributed by atoms with Crippen LogP contribution >= 0.6 is 11.6 Å². The molecule has 3 nitrogen and oxygen atoms in total. The largest absolute Gasteiger partial charge is 0.456 e. The Morgan fingerprint density at radius 2 is 1.95 bits per heavy atom. The fourth-order valence-corrected chi connectivity index (χ4v) is 1.94. The lowest BCUT2D eigenvalue weighted by atomic mass is 10.1. The minimum atomic E-state index is 0.0540. The maximum absolute atomic E-state index is 6.15. The number of hydrogen-bond acceptors (Lipinski definition) is 3. The molecule has 1 N–H and O–H groups in total. The summed E-state index contributed by atoms with van der Waals surface area (Å²) in [6.45, 7) is 9.08. The van der Waals surface area contributed by atoms with E-state index in [2.05, 4.69) is 31.1 Å². The van der Waals surface area contributed by atoms with Gasteiger partial charge in [-0.1, -0.05) is 17.7 Å². The molecule has 1 aromatic carbocycles. The van der Waals surface area contributed by atoms with Crippen LogP contribution in [0.2, 0.25) is 5.02 Å². The molecule has 0 aliphatic heterocycles. The summed E-state index contributed by atoms with van der Waals surface area (Å²) in [5.74, 6) is 1.40. The first kappa shape index (κ1) is 15.8. The van der Waals surface area contributed by atoms with Crippen LogP contribution in [0.3, 0.4) is 0 Å². The summed E-state index contributed by atoms with van der Waals surface area (Å²) < 4.78 is 5.86. The van der Waals surface area contributed by atoms with Gasteiger partial charge in [0.1, 0.15) is 11.5 Å². The van der Waals surface area contributed by atoms with Crippen LogP contribution in [0.15, 0.2) is 36.5 Å². The molecule has 0 unspecified atom stereocenters. The van der Waals surface area contributed by atoms with E-state index in [1.54, 1.807) is 6.20 Å². The molecule has 2 aromatic rings. The molecular weight excluding hydrogens is 284 g/mol. The van der Waals surface area contributed by atoms with Gasteiger partial charge in [-0.3, -0.25) is 4.98 Å². The molecule has 21 heavy (non-hydrogen) atoms. The second-order valence-corrected chi connectivity index (χ2v) is 6.53. The van der Waals surface area contributed by atoms with E-state index >= 15 is 0 Å². The predicted octanol–water partition coefficient (Wildman–Crippen LogP) is 4.72. The van der Waals surface area contributed by atoms with Crippen molar-refractivity contribution in [2.24, 2.45) is 0 Å². The highest BCUT2D eigenvalue weighted by Crippen LogP contribution is 2.30. The number of benzene rings is 1. The summed E-state index contributed by atoms with van der Waals surface area (Å²) in [5, 5.41) is 4.01. The van der Waals surface area contributed by atoms with Crippen LogP contribution in [0.4, 0.5) is 0 Å². The third-order valence-corrected chi connectivity index (χ3v) is 3.21. The first-order valence-corrected chi connectivity index (χ1v) is 7.35. The molecule has 112 valence electrons. The van der Waals surface area contributed by atoms with Gasteiger partial charge in [0.2, 0.25) is 0 Å². The monoisotopic (exact) mass is 304 g/mol. The van der Waals surface area contributed by atoms with E-state index in [0.717, 1.165) is 17.0 Å². The highest BCUT2D eigenvalue weighted by molar-refractivity contribution is 6.32. The second kappa shape index (κ2) is 6.46. The van der Waals surface area contributed by atoms with Gasteiger partial charge in [-0.05, 0) is 51.5 Å². The molecule has 1 heterocycles. The number of halogens is 1. The van der Waals surface area contributed by atoms with Crippen LogP contribution in [0.1, 0.15) is 32.0 Å². The van der Waals surface area contributed by atoms with Gasteiger partial charge < -0.3 is 10.1 Å². The molecule has 0 saturated heterocycles. The number of nitrogens with zero attached hydrogens (tertiary/aromatic N) is 1. The summed E-state index contributed by atoms with van der Waals surface area (Å²) in [4.78, 5) is 4.35. The van der Waals surface area contributed by atoms with Crippen molar-refractivity contribution in [1.29, 1.82) is 0 Å². The summed E-state index contributed by atoms with van der Waals surface area (Å²) in [7, 11) is 0. The van der Waals surface area contributed by atoms with Crippen LogP contribution < -0.4 is 10.1 Å². The predicted molar refractivity (Wildman–Crippen MR) is 87.1 cm³/mol. The van der Waals surface area contributed by atoms with E-state index in [1.807, 2.05) is 37.3 Å². The zero-order valence-corrected chi connectivity index (χ0v) is 13.7. The standard InChI is InChI=1S/C17H21ClN2O/c1-12-5-6-15(18)16(9-12)21-14-7-8-19-13(10-14)11-20-17(2,3)4/h5-10,20H,11H2,1-4H3. The van der Waals surface area contributed by atoms with E-state index in [-0.39, 0.29) is 5.54 Å². The van der Waals surface area contributed by atoms with Gasteiger partial charge in [0.15, 0.2) is 0 Å². The lowest BCUT2D eigenvalue weighted by Gasteiger charge is -2.20. The maximum atomic E-state index is 6.15. The highest BCUT2D eigenvalue weighted by Gasteiger charge is 2.10. The van der Waals surface area contributed by atoms with Crippen molar-refractivity contribution in [2.45, 2.75) is 39.8 Å². The molecule has 0 aliphatic rings. The summed E-state index contributed by atoms with van der Waals surface area (Å²) >= 11 is 6.15. The van der Waals surface area contributed by atoms with E-state index < -0.39 is 0 Å². The average Bonchev–Trinajstić information content (AvgIpc) is 2.40. The van der Waals surface area contributed by atoms with E-state index in [0.29, 0.717) is 17.3 Å². The number of rotatable bonds is 4. The summed E-state index contributed by atoms with van der Waals surface area (Å²) in [5.41, 5.74) is 2.10. The number of nitrogens with one attached hydrogen (secondary N) is 1. The molecule has 0 aliphatic carbocycles. The zero-order valence-electron chi connectivity index (χ0n) is 12.9. The molecule has 1 aromatic heterocycles. The number of pyridine rings is 1. The Balaban J connectivity index is 2.12. The normalized spacial score (nSPS) is 11.5. The van der Waals surface area contributed by atoms with Crippen molar-refractivity contribution in [1.82, 2.24) is 10.3 Å². The zero-order chi connectivity index (χ0) is 15.5. The molecule has 0 spiro atoms. The molecule has 2 rings (SSSR count). The quantitative estimate of drug-likeness (QED) is 0.887. The number of aromatic nitrogens is 1. The van der Waals surface area contributed by atoms with E-state index in [4.69, 9.17) is 16.3 Å². The third-order valence-electron chi connectivity index (χ3n) is 2.90. The molecule has 0 radical (unpaired) electrons. The van der Waals surface area contributed by atoms with Gasteiger partial charge >= 0.3 is 0 Å². The highest BCUT2D eigenvalue weighted by atomic mass is 35.5. The fourth-order valence-electron chi connectivity index (χ4n) is 1.79. The summed E-state index contributed by atoms with van der Waals surface area (Å²) in [6.07, 6.45) is 1.75. The lowest BCUT2D eigenvalue weighted by Crippen LogP contribution is -2.35. The molecule has 4 heteroatoms. The minimum absolute atomic E-state index is 0.0540. The molecule has 0 atom stereocenters. The smallest absolute Gasteiger partial charge is 0.146 e. The van der Waals surface area contributed by atoms with Crippen LogP contribution in [0.5, 0.6) is 11.5 Å². The third kappa shape index (κ3) is 5.03. The van der Waals surface area contributed by atoms with E-state index in [1.165, 1.54) is 0 Å². The Morgan fingerprint density at radius 3 is 2.67 bits per heavy atom. The Bertz CT molecular complexity index is 620. The number of ether oxygens (including phenoxy) is 1.